The molecule has 10 rings (SSSR count). The van der Waals surface area contributed by atoms with Crippen molar-refractivity contribution in [1.82, 2.24) is 20.2 Å². The summed E-state index contributed by atoms with van der Waals surface area (Å²) in [5.74, 6) is -0.550. The van der Waals surface area contributed by atoms with Crippen LogP contribution in [0.2, 0.25) is 0 Å². The van der Waals surface area contributed by atoms with E-state index in [1.807, 2.05) is 55.5 Å². The number of aromatic carboxylic acids is 1. The molecule has 0 unspecified atom stereocenters. The fourth-order valence-electron chi connectivity index (χ4n) is 6.34. The van der Waals surface area contributed by atoms with Gasteiger partial charge in [0.05, 0.1) is 27.8 Å². The Morgan fingerprint density at radius 2 is 1.04 bits per heavy atom. The SMILES string of the molecule is CCC(=O)c1cccc(N)c1.CS(=O)(=O)c1cccc(N)c1.N#Cc1cccc(N)c1.N=C(N)c1cccc(N)c1.NC(=O)c1cccc(N)c1.Nc1cccc(-n2cnnn2)c1.Nc1cccc(C(=O)O)c1.Nc1cccc(C2=NCN=N2)c1. The molecule has 0 radical (unpaired) electrons. The number of nitrogens with zero attached hydrogens (tertiary/aromatic N) is 8. The Kier molecular flexibility index (Phi) is 27.6. The topological polar surface area (TPSA) is 494 Å². The van der Waals surface area contributed by atoms with E-state index < -0.39 is 21.7 Å². The van der Waals surface area contributed by atoms with Crippen LogP contribution >= 0.6 is 0 Å². The lowest BCUT2D eigenvalue weighted by Crippen LogP contribution is -2.10. The van der Waals surface area contributed by atoms with Crippen molar-refractivity contribution in [3.8, 4) is 11.8 Å². The number of anilines is 8. The van der Waals surface area contributed by atoms with Crippen molar-refractivity contribution >= 4 is 84.7 Å². The van der Waals surface area contributed by atoms with Gasteiger partial charge in [0.15, 0.2) is 28.1 Å². The van der Waals surface area contributed by atoms with E-state index in [2.05, 4.69) is 30.7 Å². The van der Waals surface area contributed by atoms with Crippen molar-refractivity contribution in [2.45, 2.75) is 18.2 Å². The molecule has 438 valence electrons. The highest BCUT2D eigenvalue weighted by Crippen LogP contribution is 2.14. The quantitative estimate of drug-likeness (QED) is 0.0308. The summed E-state index contributed by atoms with van der Waals surface area (Å²) in [5.41, 5.74) is 63.1. The minimum Gasteiger partial charge on any atom is -0.478 e. The number of tetrazole rings is 1. The zero-order valence-corrected chi connectivity index (χ0v) is 47.0. The number of nitrogen functional groups attached to an aromatic ring is 9. The number of ketones is 1. The average Bonchev–Trinajstić information content (AvgIpc) is 4.32. The number of hydrogen-bond acceptors (Lipinski definition) is 21. The first-order valence-electron chi connectivity index (χ1n) is 24.9. The maximum absolute atomic E-state index is 11.1. The van der Waals surface area contributed by atoms with Crippen molar-refractivity contribution in [3.05, 3.63) is 234 Å². The van der Waals surface area contributed by atoms with E-state index in [1.165, 1.54) is 30.6 Å². The Balaban J connectivity index is 0.000000255. The molecule has 1 amide bonds. The number of amidine groups is 2. The monoisotopic (exact) mass is 1170 g/mol. The van der Waals surface area contributed by atoms with Gasteiger partial charge in [0, 0.05) is 80.4 Å². The van der Waals surface area contributed by atoms with Crippen molar-refractivity contribution in [3.63, 3.8) is 0 Å². The fraction of sp³-hybridized carbons (Fsp3) is 0.0678. The molecule has 0 saturated heterocycles. The predicted octanol–water partition coefficient (Wildman–Crippen LogP) is 7.25. The lowest BCUT2D eigenvalue weighted by Gasteiger charge is -1.98. The van der Waals surface area contributed by atoms with Gasteiger partial charge in [-0.3, -0.25) is 15.0 Å². The summed E-state index contributed by atoms with van der Waals surface area (Å²) in [6.07, 6.45) is 3.21. The van der Waals surface area contributed by atoms with Gasteiger partial charge < -0.3 is 62.4 Å². The number of carboxylic acids is 1. The van der Waals surface area contributed by atoms with Gasteiger partial charge in [-0.25, -0.2) is 22.9 Å². The third-order valence-corrected chi connectivity index (χ3v) is 11.5. The summed E-state index contributed by atoms with van der Waals surface area (Å²) in [4.78, 5) is 36.3. The highest BCUT2D eigenvalue weighted by molar-refractivity contribution is 7.90. The van der Waals surface area contributed by atoms with Crippen molar-refractivity contribution in [1.29, 1.82) is 10.7 Å². The summed E-state index contributed by atoms with van der Waals surface area (Å²) in [7, 11) is -3.11. The van der Waals surface area contributed by atoms with E-state index in [0.717, 1.165) is 23.2 Å². The van der Waals surface area contributed by atoms with Gasteiger partial charge in [0.25, 0.3) is 0 Å². The van der Waals surface area contributed by atoms with E-state index in [9.17, 15) is 22.8 Å². The van der Waals surface area contributed by atoms with E-state index in [-0.39, 0.29) is 22.1 Å². The standard InChI is InChI=1S/C9H11NO.C8H8N4.C7H7N5.C7H9N3.C7H8N2O.C7H6N2.C7H9NO2S.C7H7NO2/c1-2-9(11)7-4-3-5-8(10)6-7;9-7-3-1-2-6(4-7)8-10-5-11-12-8;8-6-2-1-3-7(4-6)12-5-9-10-11-12;2*8-6-3-1-2-5(4-6)7(9)10;8-5-6-2-1-3-7(9)4-6;1-11(9,10)7-4-2-3-6(8)5-7;8-6-3-1-2-5(4-6)7(9)10/h3-6H,2,10H2,1H3;1-4H,5,9H2;1-5H,8H2;1-4H,8H2,(H3,9,10);1-4H,8H2,(H2,9,10);1-4H,9H2;2-5H,8H2,1H3;1-4H,8H2,(H,9,10). The highest BCUT2D eigenvalue weighted by atomic mass is 32.2. The number of primary amides is 1. The number of aromatic nitrogens is 4. The lowest BCUT2D eigenvalue weighted by atomic mass is 10.1. The first kappa shape index (κ1) is 67.3. The van der Waals surface area contributed by atoms with Crippen LogP contribution in [0.4, 0.5) is 45.5 Å². The molecule has 85 heavy (non-hydrogen) atoms. The number of azo groups is 1. The zero-order chi connectivity index (χ0) is 62.9. The number of Topliss-reactive ketones (excluding diaryl/α,β-unsaturated/α-hetero) is 1. The maximum atomic E-state index is 11.1. The number of nitrogens with two attached hydrogens (primary N) is 10. The van der Waals surface area contributed by atoms with Crippen LogP contribution in [0, 0.1) is 16.7 Å². The molecule has 25 nitrogen and oxygen atoms in total. The van der Waals surface area contributed by atoms with Crippen LogP contribution in [-0.2, 0) is 9.84 Å². The Morgan fingerprint density at radius 3 is 1.41 bits per heavy atom. The number of aliphatic imine (C=N–C) groups is 1. The molecule has 0 atom stereocenters. The minimum absolute atomic E-state index is 0.0484. The molecule has 22 N–H and O–H groups in total. The number of sulfone groups is 1. The van der Waals surface area contributed by atoms with Crippen molar-refractivity contribution in [2.75, 3.05) is 58.8 Å². The first-order valence-corrected chi connectivity index (χ1v) is 26.8. The zero-order valence-electron chi connectivity index (χ0n) is 46.2. The average molecular weight is 1170 g/mol. The number of benzene rings is 8. The highest BCUT2D eigenvalue weighted by Gasteiger charge is 2.07. The van der Waals surface area contributed by atoms with Crippen LogP contribution in [0.1, 0.15) is 61.1 Å². The Labute approximate surface area is 490 Å². The molecule has 0 aliphatic carbocycles. The number of hydrogen-bond donors (Lipinski definition) is 12. The first-order chi connectivity index (χ1) is 40.4. The Bertz CT molecular complexity index is 3740. The van der Waals surface area contributed by atoms with Gasteiger partial charge in [-0.1, -0.05) is 73.7 Å². The molecular weight excluding hydrogens is 1100 g/mol. The molecule has 1 aliphatic rings. The van der Waals surface area contributed by atoms with E-state index in [4.69, 9.17) is 73.1 Å². The largest absolute Gasteiger partial charge is 0.478 e. The van der Waals surface area contributed by atoms with Crippen molar-refractivity contribution in [2.24, 2.45) is 26.7 Å². The normalized spacial score (nSPS) is 10.3. The summed E-state index contributed by atoms with van der Waals surface area (Å²) < 4.78 is 23.4. The van der Waals surface area contributed by atoms with Gasteiger partial charge in [0.1, 0.15) is 12.2 Å². The third kappa shape index (κ3) is 26.2. The molecule has 0 saturated carbocycles. The van der Waals surface area contributed by atoms with Gasteiger partial charge in [-0.2, -0.15) is 10.4 Å². The molecule has 0 bridgehead atoms. The van der Waals surface area contributed by atoms with Crippen LogP contribution in [0.25, 0.3) is 5.69 Å². The number of rotatable bonds is 8. The molecule has 1 aliphatic heterocycles. The van der Waals surface area contributed by atoms with Crippen LogP contribution in [0.5, 0.6) is 0 Å². The number of carbonyl (C=O) groups excluding carboxylic acids is 2. The number of carbonyl (C=O) groups is 3. The summed E-state index contributed by atoms with van der Waals surface area (Å²) in [5, 5.41) is 42.2. The van der Waals surface area contributed by atoms with Crippen molar-refractivity contribution < 1.29 is 27.9 Å². The number of amides is 1. The minimum atomic E-state index is -3.11. The molecule has 26 heteroatoms. The second kappa shape index (κ2) is 34.9. The predicted molar refractivity (Wildman–Crippen MR) is 335 cm³/mol. The third-order valence-electron chi connectivity index (χ3n) is 10.4. The lowest BCUT2D eigenvalue weighted by molar-refractivity contribution is 0.0696. The second-order valence-electron chi connectivity index (χ2n) is 17.3. The molecule has 0 spiro atoms. The Morgan fingerprint density at radius 1 is 0.588 bits per heavy atom. The van der Waals surface area contributed by atoms with E-state index in [0.29, 0.717) is 81.0 Å². The van der Waals surface area contributed by atoms with E-state index in [1.54, 1.807) is 132 Å². The molecule has 9 aromatic rings. The number of carboxylic acid groups (broad SMARTS) is 1. The molecular formula is C59H65N19O6S. The second-order valence-corrected chi connectivity index (χ2v) is 19.3. The van der Waals surface area contributed by atoms with E-state index >= 15 is 0 Å². The number of nitrogens with one attached hydrogen (secondary N) is 1. The maximum Gasteiger partial charge on any atom is 0.335 e. The molecule has 0 fully saturated rings. The van der Waals surface area contributed by atoms with Crippen LogP contribution in [-0.4, -0.2) is 76.0 Å². The molecule has 8 aromatic carbocycles. The smallest absolute Gasteiger partial charge is 0.335 e. The van der Waals surface area contributed by atoms with Crippen LogP contribution in [0.3, 0.4) is 0 Å². The summed E-state index contributed by atoms with van der Waals surface area (Å²) in [6.45, 7) is 2.27. The number of nitriles is 1. The fourth-order valence-corrected chi connectivity index (χ4v) is 7.02. The summed E-state index contributed by atoms with van der Waals surface area (Å²) in [6, 6.07) is 56.6. The van der Waals surface area contributed by atoms with Gasteiger partial charge in [-0.15, -0.1) is 10.2 Å². The van der Waals surface area contributed by atoms with Gasteiger partial charge >= 0.3 is 5.97 Å². The van der Waals surface area contributed by atoms with Gasteiger partial charge in [0.2, 0.25) is 5.91 Å². The van der Waals surface area contributed by atoms with Gasteiger partial charge in [-0.05, 0) is 138 Å². The molecule has 1 aromatic heterocycles. The van der Waals surface area contributed by atoms with Crippen LogP contribution < -0.4 is 57.3 Å². The Hall–Kier alpha value is -12.0. The molecule has 2 heterocycles. The summed E-state index contributed by atoms with van der Waals surface area (Å²) >= 11 is 0. The van der Waals surface area contributed by atoms with Crippen LogP contribution in [0.15, 0.2) is 221 Å².